The van der Waals surface area contributed by atoms with E-state index in [4.69, 9.17) is 0 Å². The Bertz CT molecular complexity index is 544. The van der Waals surface area contributed by atoms with Crippen molar-refractivity contribution in [2.75, 3.05) is 5.32 Å². The Balaban J connectivity index is 1.26. The van der Waals surface area contributed by atoms with Gasteiger partial charge >= 0.3 is 6.03 Å². The highest BCUT2D eigenvalue weighted by atomic mass is 16.2. The molecule has 3 aliphatic rings. The molecule has 3 nitrogen and oxygen atoms in total. The van der Waals surface area contributed by atoms with Crippen molar-refractivity contribution >= 4 is 11.7 Å². The molecule has 0 radical (unpaired) electrons. The van der Waals surface area contributed by atoms with Crippen LogP contribution < -0.4 is 10.6 Å². The van der Waals surface area contributed by atoms with Gasteiger partial charge in [0.2, 0.25) is 0 Å². The van der Waals surface area contributed by atoms with Crippen LogP contribution in [0.15, 0.2) is 18.2 Å². The van der Waals surface area contributed by atoms with E-state index in [0.29, 0.717) is 6.04 Å². The largest absolute Gasteiger partial charge is 0.335 e. The van der Waals surface area contributed by atoms with Gasteiger partial charge in [0.15, 0.2) is 0 Å². The highest BCUT2D eigenvalue weighted by Crippen LogP contribution is 2.43. The highest BCUT2D eigenvalue weighted by molar-refractivity contribution is 5.89. The van der Waals surface area contributed by atoms with Crippen LogP contribution >= 0.6 is 0 Å². The summed E-state index contributed by atoms with van der Waals surface area (Å²) in [6.07, 6.45) is 10.2. The Kier molecular flexibility index (Phi) is 3.36. The number of carbonyl (C=O) groups excluding carboxylic acids is 1. The summed E-state index contributed by atoms with van der Waals surface area (Å²) in [6.45, 7) is 0. The van der Waals surface area contributed by atoms with Crippen molar-refractivity contribution in [1.82, 2.24) is 5.32 Å². The molecule has 0 aliphatic heterocycles. The van der Waals surface area contributed by atoms with Gasteiger partial charge in [0.1, 0.15) is 0 Å². The van der Waals surface area contributed by atoms with Crippen molar-refractivity contribution in [2.24, 2.45) is 11.8 Å². The Morgan fingerprint density at radius 2 is 1.81 bits per heavy atom. The summed E-state index contributed by atoms with van der Waals surface area (Å²) in [6, 6.07) is 6.69. The first-order valence-corrected chi connectivity index (χ1v) is 8.47. The van der Waals surface area contributed by atoms with E-state index in [9.17, 15) is 4.79 Å². The Morgan fingerprint density at radius 3 is 2.57 bits per heavy atom. The van der Waals surface area contributed by atoms with Gasteiger partial charge < -0.3 is 10.6 Å². The van der Waals surface area contributed by atoms with Crippen LogP contribution in [0.1, 0.15) is 49.7 Å². The SMILES string of the molecule is O=C(Nc1ccc2c(c1)CCC2)NC1CC(C2CCC2)C1. The van der Waals surface area contributed by atoms with Gasteiger partial charge in [-0.2, -0.15) is 0 Å². The Hall–Kier alpha value is -1.51. The maximum Gasteiger partial charge on any atom is 0.319 e. The third-order valence-electron chi connectivity index (χ3n) is 5.68. The van der Waals surface area contributed by atoms with E-state index >= 15 is 0 Å². The zero-order valence-corrected chi connectivity index (χ0v) is 12.5. The smallest absolute Gasteiger partial charge is 0.319 e. The van der Waals surface area contributed by atoms with Crippen molar-refractivity contribution in [3.63, 3.8) is 0 Å². The molecule has 0 aromatic heterocycles. The molecule has 2 saturated carbocycles. The second kappa shape index (κ2) is 5.36. The van der Waals surface area contributed by atoms with Gasteiger partial charge in [-0.05, 0) is 67.2 Å². The molecule has 0 bridgehead atoms. The van der Waals surface area contributed by atoms with E-state index in [1.54, 1.807) is 0 Å². The molecule has 0 spiro atoms. The average Bonchev–Trinajstić information content (AvgIpc) is 2.81. The molecule has 4 rings (SSSR count). The van der Waals surface area contributed by atoms with Gasteiger partial charge in [-0.15, -0.1) is 0 Å². The monoisotopic (exact) mass is 284 g/mol. The summed E-state index contributed by atoms with van der Waals surface area (Å²) in [5, 5.41) is 6.11. The molecule has 2 amide bonds. The molecule has 0 atom stereocenters. The minimum absolute atomic E-state index is 0.0370. The van der Waals surface area contributed by atoms with E-state index in [0.717, 1.165) is 23.9 Å². The Morgan fingerprint density at radius 1 is 1.00 bits per heavy atom. The fraction of sp³-hybridized carbons (Fsp3) is 0.611. The van der Waals surface area contributed by atoms with Gasteiger partial charge in [-0.25, -0.2) is 4.79 Å². The second-order valence-corrected chi connectivity index (χ2v) is 7.05. The van der Waals surface area contributed by atoms with Gasteiger partial charge in [-0.1, -0.05) is 25.3 Å². The number of nitrogens with one attached hydrogen (secondary N) is 2. The summed E-state index contributed by atoms with van der Waals surface area (Å²) >= 11 is 0. The van der Waals surface area contributed by atoms with Crippen molar-refractivity contribution in [2.45, 2.75) is 57.4 Å². The third-order valence-corrected chi connectivity index (χ3v) is 5.68. The number of carbonyl (C=O) groups is 1. The number of aryl methyl sites for hydroxylation is 2. The number of anilines is 1. The summed E-state index contributed by atoms with van der Waals surface area (Å²) in [4.78, 5) is 12.1. The second-order valence-electron chi connectivity index (χ2n) is 7.05. The number of hydrogen-bond acceptors (Lipinski definition) is 1. The number of rotatable bonds is 3. The molecule has 112 valence electrons. The highest BCUT2D eigenvalue weighted by Gasteiger charge is 2.38. The molecule has 2 N–H and O–H groups in total. The van der Waals surface area contributed by atoms with Crippen LogP contribution in [-0.4, -0.2) is 12.1 Å². The zero-order chi connectivity index (χ0) is 14.2. The van der Waals surface area contributed by atoms with Crippen LogP contribution in [0.5, 0.6) is 0 Å². The van der Waals surface area contributed by atoms with Gasteiger partial charge in [0.25, 0.3) is 0 Å². The van der Waals surface area contributed by atoms with Gasteiger partial charge in [0.05, 0.1) is 0 Å². The van der Waals surface area contributed by atoms with E-state index in [1.165, 1.54) is 56.1 Å². The molecule has 1 aromatic carbocycles. The number of benzene rings is 1. The third kappa shape index (κ3) is 2.66. The number of urea groups is 1. The number of hydrogen-bond donors (Lipinski definition) is 2. The predicted molar refractivity (Wildman–Crippen MR) is 84.5 cm³/mol. The summed E-state index contributed by atoms with van der Waals surface area (Å²) in [5.41, 5.74) is 3.78. The maximum absolute atomic E-state index is 12.1. The summed E-state index contributed by atoms with van der Waals surface area (Å²) < 4.78 is 0. The van der Waals surface area contributed by atoms with Crippen LogP contribution in [0.3, 0.4) is 0 Å². The van der Waals surface area contributed by atoms with Crippen molar-refractivity contribution in [1.29, 1.82) is 0 Å². The van der Waals surface area contributed by atoms with Gasteiger partial charge in [0, 0.05) is 11.7 Å². The molecule has 1 aromatic rings. The first kappa shape index (κ1) is 13.2. The van der Waals surface area contributed by atoms with Gasteiger partial charge in [-0.3, -0.25) is 0 Å². The Labute approximate surface area is 126 Å². The summed E-state index contributed by atoms with van der Waals surface area (Å²) in [5.74, 6) is 1.84. The van der Waals surface area contributed by atoms with E-state index in [1.807, 2.05) is 6.07 Å². The van der Waals surface area contributed by atoms with Crippen molar-refractivity contribution in [3.8, 4) is 0 Å². The van der Waals surface area contributed by atoms with Crippen LogP contribution in [0.2, 0.25) is 0 Å². The normalized spacial score (nSPS) is 27.4. The van der Waals surface area contributed by atoms with E-state index in [2.05, 4.69) is 22.8 Å². The molecular weight excluding hydrogens is 260 g/mol. The fourth-order valence-electron chi connectivity index (χ4n) is 4.08. The van der Waals surface area contributed by atoms with E-state index < -0.39 is 0 Å². The van der Waals surface area contributed by atoms with Crippen LogP contribution in [0.4, 0.5) is 10.5 Å². The minimum atomic E-state index is -0.0370. The first-order valence-electron chi connectivity index (χ1n) is 8.47. The van der Waals surface area contributed by atoms with Crippen LogP contribution in [0, 0.1) is 11.8 Å². The number of amides is 2. The molecule has 0 unspecified atom stereocenters. The molecule has 21 heavy (non-hydrogen) atoms. The lowest BCUT2D eigenvalue weighted by atomic mass is 9.65. The summed E-state index contributed by atoms with van der Waals surface area (Å²) in [7, 11) is 0. The van der Waals surface area contributed by atoms with Crippen LogP contribution in [-0.2, 0) is 12.8 Å². The molecule has 0 heterocycles. The molecule has 3 aliphatic carbocycles. The van der Waals surface area contributed by atoms with Crippen molar-refractivity contribution < 1.29 is 4.79 Å². The van der Waals surface area contributed by atoms with E-state index in [-0.39, 0.29) is 6.03 Å². The molecule has 2 fully saturated rings. The topological polar surface area (TPSA) is 41.1 Å². The molecule has 3 heteroatoms. The molecule has 0 saturated heterocycles. The quantitative estimate of drug-likeness (QED) is 0.869. The minimum Gasteiger partial charge on any atom is -0.335 e. The van der Waals surface area contributed by atoms with Crippen LogP contribution in [0.25, 0.3) is 0 Å². The lowest BCUT2D eigenvalue weighted by Gasteiger charge is -2.44. The number of fused-ring (bicyclic) bond motifs is 1. The fourth-order valence-corrected chi connectivity index (χ4v) is 4.08. The van der Waals surface area contributed by atoms with Crippen molar-refractivity contribution in [3.05, 3.63) is 29.3 Å². The lowest BCUT2D eigenvalue weighted by molar-refractivity contribution is 0.0986. The molecular formula is C18H24N2O. The standard InChI is InChI=1S/C18H24N2O/c21-18(20-17-10-15(11-17)12-3-1-4-12)19-16-8-7-13-5-2-6-14(13)9-16/h7-9,12,15,17H,1-6,10-11H2,(H2,19,20,21). The average molecular weight is 284 g/mol. The first-order chi connectivity index (χ1) is 10.3. The lowest BCUT2D eigenvalue weighted by Crippen LogP contribution is -2.48. The maximum atomic E-state index is 12.1. The zero-order valence-electron chi connectivity index (χ0n) is 12.5. The predicted octanol–water partition coefficient (Wildman–Crippen LogP) is 3.88.